The van der Waals surface area contributed by atoms with Crippen LogP contribution in [0, 0.1) is 0 Å². The van der Waals surface area contributed by atoms with Crippen molar-refractivity contribution in [2.24, 2.45) is 5.84 Å². The number of carbonyl (C=O) groups excluding carboxylic acids is 1. The first kappa shape index (κ1) is 10.8. The second kappa shape index (κ2) is 4.91. The van der Waals surface area contributed by atoms with Crippen LogP contribution in [-0.2, 0) is 4.79 Å². The Morgan fingerprint density at radius 2 is 2.19 bits per heavy atom. The number of para-hydroxylation sites is 1. The van der Waals surface area contributed by atoms with Gasteiger partial charge in [-0.1, -0.05) is 30.0 Å². The second-order valence-corrected chi connectivity index (χ2v) is 4.02. The van der Waals surface area contributed by atoms with Gasteiger partial charge < -0.3 is 0 Å². The number of fused-ring (bicyclic) bond motifs is 1. The van der Waals surface area contributed by atoms with Crippen molar-refractivity contribution in [3.8, 4) is 0 Å². The van der Waals surface area contributed by atoms with Crippen LogP contribution in [0.3, 0.4) is 0 Å². The molecule has 0 aliphatic heterocycles. The van der Waals surface area contributed by atoms with Crippen LogP contribution in [0.25, 0.3) is 10.9 Å². The molecule has 1 aromatic carbocycles. The third-order valence-corrected chi connectivity index (χ3v) is 3.01. The van der Waals surface area contributed by atoms with Crippen LogP contribution in [-0.4, -0.2) is 21.6 Å². The number of rotatable bonds is 3. The Labute approximate surface area is 96.4 Å². The maximum atomic E-state index is 11.0. The van der Waals surface area contributed by atoms with Crippen LogP contribution in [0.2, 0.25) is 0 Å². The van der Waals surface area contributed by atoms with Gasteiger partial charge in [0.05, 0.1) is 11.3 Å². The van der Waals surface area contributed by atoms with Crippen molar-refractivity contribution in [1.29, 1.82) is 0 Å². The van der Waals surface area contributed by atoms with Crippen molar-refractivity contribution in [3.05, 3.63) is 30.6 Å². The molecular weight excluding hydrogens is 224 g/mol. The number of amides is 1. The van der Waals surface area contributed by atoms with Gasteiger partial charge in [-0.15, -0.1) is 0 Å². The Balaban J connectivity index is 2.27. The fourth-order valence-corrected chi connectivity index (χ4v) is 2.07. The zero-order valence-corrected chi connectivity index (χ0v) is 9.20. The summed E-state index contributed by atoms with van der Waals surface area (Å²) in [5, 5.41) is 1.73. The highest BCUT2D eigenvalue weighted by molar-refractivity contribution is 8.00. The number of benzene rings is 1. The Morgan fingerprint density at radius 3 is 3.00 bits per heavy atom. The average Bonchev–Trinajstić information content (AvgIpc) is 2.35. The Hall–Kier alpha value is -1.66. The van der Waals surface area contributed by atoms with Gasteiger partial charge in [-0.25, -0.2) is 15.8 Å². The van der Waals surface area contributed by atoms with Gasteiger partial charge in [0.2, 0.25) is 5.91 Å². The molecule has 1 amide bonds. The quantitative estimate of drug-likeness (QED) is 0.269. The van der Waals surface area contributed by atoms with E-state index in [9.17, 15) is 4.79 Å². The number of hydrogen-bond acceptors (Lipinski definition) is 5. The molecule has 16 heavy (non-hydrogen) atoms. The highest BCUT2D eigenvalue weighted by Crippen LogP contribution is 2.23. The van der Waals surface area contributed by atoms with E-state index in [1.54, 1.807) is 0 Å². The predicted octanol–water partition coefficient (Wildman–Crippen LogP) is 0.712. The summed E-state index contributed by atoms with van der Waals surface area (Å²) in [4.78, 5) is 19.3. The van der Waals surface area contributed by atoms with Crippen LogP contribution in [0.15, 0.2) is 35.6 Å². The van der Waals surface area contributed by atoms with Crippen LogP contribution in [0.5, 0.6) is 0 Å². The van der Waals surface area contributed by atoms with Gasteiger partial charge in [0, 0.05) is 5.39 Å². The molecule has 82 valence electrons. The van der Waals surface area contributed by atoms with E-state index in [1.165, 1.54) is 18.1 Å². The van der Waals surface area contributed by atoms with E-state index < -0.39 is 0 Å². The Morgan fingerprint density at radius 1 is 1.38 bits per heavy atom. The van der Waals surface area contributed by atoms with E-state index in [2.05, 4.69) is 15.4 Å². The summed E-state index contributed by atoms with van der Waals surface area (Å²) in [6.45, 7) is 0. The highest BCUT2D eigenvalue weighted by atomic mass is 32.2. The van der Waals surface area contributed by atoms with Crippen molar-refractivity contribution < 1.29 is 4.79 Å². The lowest BCUT2D eigenvalue weighted by molar-refractivity contribution is -0.118. The van der Waals surface area contributed by atoms with Gasteiger partial charge in [0.25, 0.3) is 0 Å². The molecule has 2 aromatic rings. The maximum Gasteiger partial charge on any atom is 0.244 e. The van der Waals surface area contributed by atoms with Crippen molar-refractivity contribution in [2.75, 3.05) is 5.75 Å². The van der Waals surface area contributed by atoms with Crippen LogP contribution >= 0.6 is 11.8 Å². The molecule has 1 aromatic heterocycles. The summed E-state index contributed by atoms with van der Waals surface area (Å²) in [5.74, 6) is 5.02. The van der Waals surface area contributed by atoms with Crippen molar-refractivity contribution >= 4 is 28.6 Å². The van der Waals surface area contributed by atoms with Crippen LogP contribution < -0.4 is 11.3 Å². The first-order valence-electron chi connectivity index (χ1n) is 4.63. The van der Waals surface area contributed by atoms with Crippen molar-refractivity contribution in [3.63, 3.8) is 0 Å². The van der Waals surface area contributed by atoms with Crippen LogP contribution in [0.1, 0.15) is 0 Å². The topological polar surface area (TPSA) is 80.9 Å². The van der Waals surface area contributed by atoms with E-state index >= 15 is 0 Å². The number of hydrazine groups is 1. The van der Waals surface area contributed by atoms with Gasteiger partial charge in [0.15, 0.2) is 0 Å². The summed E-state index contributed by atoms with van der Waals surface area (Å²) in [7, 11) is 0. The van der Waals surface area contributed by atoms with Crippen molar-refractivity contribution in [2.45, 2.75) is 5.03 Å². The molecule has 0 aliphatic rings. The zero-order chi connectivity index (χ0) is 11.4. The lowest BCUT2D eigenvalue weighted by atomic mass is 10.2. The van der Waals surface area contributed by atoms with E-state index in [-0.39, 0.29) is 11.7 Å². The smallest absolute Gasteiger partial charge is 0.244 e. The van der Waals surface area contributed by atoms with Crippen molar-refractivity contribution in [1.82, 2.24) is 15.4 Å². The van der Waals surface area contributed by atoms with Gasteiger partial charge in [-0.05, 0) is 6.07 Å². The summed E-state index contributed by atoms with van der Waals surface area (Å²) in [6, 6.07) is 7.66. The summed E-state index contributed by atoms with van der Waals surface area (Å²) in [5.41, 5.74) is 2.95. The molecule has 3 N–H and O–H groups in total. The third kappa shape index (κ3) is 2.29. The highest BCUT2D eigenvalue weighted by Gasteiger charge is 2.05. The zero-order valence-electron chi connectivity index (χ0n) is 8.38. The molecular formula is C10H10N4OS. The van der Waals surface area contributed by atoms with E-state index in [4.69, 9.17) is 5.84 Å². The minimum Gasteiger partial charge on any atom is -0.294 e. The fourth-order valence-electron chi connectivity index (χ4n) is 1.27. The van der Waals surface area contributed by atoms with Gasteiger partial charge in [0.1, 0.15) is 11.4 Å². The molecule has 0 radical (unpaired) electrons. The number of nitrogens with one attached hydrogen (secondary N) is 1. The molecule has 0 saturated heterocycles. The predicted molar refractivity (Wildman–Crippen MR) is 62.6 cm³/mol. The number of nitrogens with two attached hydrogens (primary N) is 1. The van der Waals surface area contributed by atoms with Crippen LogP contribution in [0.4, 0.5) is 0 Å². The van der Waals surface area contributed by atoms with Gasteiger partial charge in [-0.2, -0.15) is 0 Å². The minimum absolute atomic E-state index is 0.229. The Bertz CT molecular complexity index is 512. The largest absolute Gasteiger partial charge is 0.294 e. The molecule has 0 unspecified atom stereocenters. The minimum atomic E-state index is -0.229. The van der Waals surface area contributed by atoms with E-state index in [0.717, 1.165) is 15.9 Å². The number of aromatic nitrogens is 2. The average molecular weight is 234 g/mol. The van der Waals surface area contributed by atoms with Gasteiger partial charge in [-0.3, -0.25) is 10.2 Å². The maximum absolute atomic E-state index is 11.0. The molecule has 2 rings (SSSR count). The number of thioether (sulfide) groups is 1. The summed E-state index contributed by atoms with van der Waals surface area (Å²) in [6.07, 6.45) is 1.49. The normalized spacial score (nSPS) is 10.3. The molecule has 0 atom stereocenters. The second-order valence-electron chi connectivity index (χ2n) is 3.05. The number of hydrogen-bond donors (Lipinski definition) is 2. The first-order chi connectivity index (χ1) is 7.81. The van der Waals surface area contributed by atoms with E-state index in [0.29, 0.717) is 0 Å². The monoisotopic (exact) mass is 234 g/mol. The fraction of sp³-hybridized carbons (Fsp3) is 0.100. The lowest BCUT2D eigenvalue weighted by Gasteiger charge is -2.03. The molecule has 0 aliphatic carbocycles. The summed E-state index contributed by atoms with van der Waals surface area (Å²) < 4.78 is 0. The molecule has 0 spiro atoms. The molecule has 5 nitrogen and oxygen atoms in total. The number of carbonyl (C=O) groups is 1. The summed E-state index contributed by atoms with van der Waals surface area (Å²) >= 11 is 1.34. The molecule has 0 saturated carbocycles. The van der Waals surface area contributed by atoms with Gasteiger partial charge >= 0.3 is 0 Å². The third-order valence-electron chi connectivity index (χ3n) is 2.01. The molecule has 6 heteroatoms. The standard InChI is InChI=1S/C10H10N4OS/c11-14-9(15)5-16-10-7-3-1-2-4-8(7)12-6-13-10/h1-4,6H,5,11H2,(H,14,15). The Kier molecular flexibility index (Phi) is 3.33. The van der Waals surface area contributed by atoms with E-state index in [1.807, 2.05) is 24.3 Å². The molecule has 1 heterocycles. The first-order valence-corrected chi connectivity index (χ1v) is 5.62. The lowest BCUT2D eigenvalue weighted by Crippen LogP contribution is -2.31. The SMILES string of the molecule is NNC(=O)CSc1ncnc2ccccc12. The molecule has 0 bridgehead atoms. The molecule has 0 fully saturated rings. The number of nitrogens with zero attached hydrogens (tertiary/aromatic N) is 2.